The molecule has 5 heteroatoms. The molecule has 3 aromatic heterocycles. The predicted molar refractivity (Wildman–Crippen MR) is 78.2 cm³/mol. The van der Waals surface area contributed by atoms with Gasteiger partial charge in [0.15, 0.2) is 0 Å². The molecular weight excluding hydrogens is 252 g/mol. The Morgan fingerprint density at radius 1 is 1.15 bits per heavy atom. The lowest BCUT2D eigenvalue weighted by Gasteiger charge is -2.09. The summed E-state index contributed by atoms with van der Waals surface area (Å²) in [6.07, 6.45) is 5.31. The Balaban J connectivity index is 2.30. The largest absolute Gasteiger partial charge is 0.322 e. The fraction of sp³-hybridized carbons (Fsp3) is 0.267. The normalized spacial score (nSPS) is 11.1. The molecule has 0 aliphatic heterocycles. The molecule has 0 amide bonds. The fourth-order valence-electron chi connectivity index (χ4n) is 2.52. The lowest BCUT2D eigenvalue weighted by Crippen LogP contribution is -2.07. The number of hydrogen-bond donors (Lipinski definition) is 1. The molecule has 0 atom stereocenters. The Hall–Kier alpha value is -2.43. The maximum atomic E-state index is 11.4. The van der Waals surface area contributed by atoms with Crippen LogP contribution in [0.25, 0.3) is 16.7 Å². The van der Waals surface area contributed by atoms with E-state index in [1.165, 1.54) is 11.8 Å². The van der Waals surface area contributed by atoms with Crippen LogP contribution in [0.5, 0.6) is 0 Å². The third-order valence-electron chi connectivity index (χ3n) is 3.48. The molecule has 0 aliphatic rings. The molecule has 0 bridgehead atoms. The van der Waals surface area contributed by atoms with Crippen molar-refractivity contribution in [1.82, 2.24) is 19.5 Å². The van der Waals surface area contributed by atoms with E-state index < -0.39 is 0 Å². The van der Waals surface area contributed by atoms with Crippen molar-refractivity contribution < 1.29 is 0 Å². The van der Waals surface area contributed by atoms with Crippen LogP contribution in [0.2, 0.25) is 0 Å². The van der Waals surface area contributed by atoms with Gasteiger partial charge >= 0.3 is 0 Å². The minimum Gasteiger partial charge on any atom is -0.322 e. The predicted octanol–water partition coefficient (Wildman–Crippen LogP) is 2.23. The van der Waals surface area contributed by atoms with Crippen LogP contribution in [-0.2, 0) is 12.8 Å². The molecule has 0 fully saturated rings. The highest BCUT2D eigenvalue weighted by Crippen LogP contribution is 2.21. The van der Waals surface area contributed by atoms with Crippen molar-refractivity contribution >= 4 is 10.9 Å². The van der Waals surface area contributed by atoms with Gasteiger partial charge in [-0.3, -0.25) is 9.36 Å². The molecule has 5 nitrogen and oxygen atoms in total. The summed E-state index contributed by atoms with van der Waals surface area (Å²) in [5.41, 5.74) is 2.94. The number of aryl methyl sites for hydroxylation is 1. The van der Waals surface area contributed by atoms with Crippen LogP contribution < -0.4 is 5.56 Å². The van der Waals surface area contributed by atoms with Gasteiger partial charge in [-0.15, -0.1) is 0 Å². The second-order valence-electron chi connectivity index (χ2n) is 4.63. The SMILES string of the molecule is CCc1ncn(-c2nccc3[nH]c(=O)ccc23)c1CC. The topological polar surface area (TPSA) is 63.6 Å². The molecule has 102 valence electrons. The molecule has 3 heterocycles. The van der Waals surface area contributed by atoms with E-state index in [4.69, 9.17) is 0 Å². The van der Waals surface area contributed by atoms with Crippen molar-refractivity contribution in [1.29, 1.82) is 0 Å². The average Bonchev–Trinajstić information content (AvgIpc) is 2.88. The van der Waals surface area contributed by atoms with Gasteiger partial charge in [0.2, 0.25) is 5.56 Å². The Bertz CT molecular complexity index is 816. The van der Waals surface area contributed by atoms with E-state index in [1.807, 2.05) is 23.0 Å². The zero-order chi connectivity index (χ0) is 14.1. The van der Waals surface area contributed by atoms with Crippen LogP contribution in [-0.4, -0.2) is 19.5 Å². The van der Waals surface area contributed by atoms with E-state index in [9.17, 15) is 4.79 Å². The van der Waals surface area contributed by atoms with E-state index in [0.29, 0.717) is 0 Å². The van der Waals surface area contributed by atoms with E-state index in [-0.39, 0.29) is 5.56 Å². The van der Waals surface area contributed by atoms with Gasteiger partial charge in [-0.05, 0) is 25.0 Å². The first-order valence-electron chi connectivity index (χ1n) is 6.78. The number of rotatable bonds is 3. The van der Waals surface area contributed by atoms with Crippen molar-refractivity contribution in [2.45, 2.75) is 26.7 Å². The Labute approximate surface area is 116 Å². The lowest BCUT2D eigenvalue weighted by molar-refractivity contribution is 0.890. The summed E-state index contributed by atoms with van der Waals surface area (Å²) in [5, 5.41) is 0.918. The Kier molecular flexibility index (Phi) is 3.10. The molecule has 0 saturated heterocycles. The first kappa shape index (κ1) is 12.6. The van der Waals surface area contributed by atoms with Crippen molar-refractivity contribution in [3.8, 4) is 5.82 Å². The Morgan fingerprint density at radius 3 is 2.75 bits per heavy atom. The molecule has 3 rings (SSSR count). The van der Waals surface area contributed by atoms with Crippen molar-refractivity contribution in [2.24, 2.45) is 0 Å². The van der Waals surface area contributed by atoms with Gasteiger partial charge in [-0.1, -0.05) is 13.8 Å². The van der Waals surface area contributed by atoms with E-state index >= 15 is 0 Å². The lowest BCUT2D eigenvalue weighted by atomic mass is 10.2. The number of nitrogens with one attached hydrogen (secondary N) is 1. The minimum absolute atomic E-state index is 0.106. The summed E-state index contributed by atoms with van der Waals surface area (Å²) in [7, 11) is 0. The van der Waals surface area contributed by atoms with Gasteiger partial charge in [0.1, 0.15) is 12.1 Å². The van der Waals surface area contributed by atoms with Gasteiger partial charge in [0.05, 0.1) is 11.2 Å². The number of aromatic nitrogens is 4. The number of pyridine rings is 2. The standard InChI is InChI=1S/C15H16N4O/c1-3-11-13(4-2)19(9-17-11)15-10-5-6-14(20)18-12(10)7-8-16-15/h5-9H,3-4H2,1-2H3,(H,18,20). The summed E-state index contributed by atoms with van der Waals surface area (Å²) in [4.78, 5) is 23.2. The van der Waals surface area contributed by atoms with Crippen LogP contribution >= 0.6 is 0 Å². The maximum absolute atomic E-state index is 11.4. The van der Waals surface area contributed by atoms with Gasteiger partial charge in [0.25, 0.3) is 0 Å². The highest BCUT2D eigenvalue weighted by Gasteiger charge is 2.12. The van der Waals surface area contributed by atoms with E-state index in [0.717, 1.165) is 35.3 Å². The molecule has 20 heavy (non-hydrogen) atoms. The first-order valence-corrected chi connectivity index (χ1v) is 6.78. The summed E-state index contributed by atoms with van der Waals surface area (Å²) in [6, 6.07) is 5.14. The highest BCUT2D eigenvalue weighted by molar-refractivity contribution is 5.85. The third-order valence-corrected chi connectivity index (χ3v) is 3.48. The quantitative estimate of drug-likeness (QED) is 0.792. The fourth-order valence-corrected chi connectivity index (χ4v) is 2.52. The molecule has 0 unspecified atom stereocenters. The summed E-state index contributed by atoms with van der Waals surface area (Å²) in [6.45, 7) is 4.21. The second kappa shape index (κ2) is 4.92. The average molecular weight is 268 g/mol. The zero-order valence-corrected chi connectivity index (χ0v) is 11.6. The molecule has 0 spiro atoms. The molecule has 1 N–H and O–H groups in total. The molecule has 0 aromatic carbocycles. The smallest absolute Gasteiger partial charge is 0.248 e. The molecule has 0 aliphatic carbocycles. The van der Waals surface area contributed by atoms with Crippen LogP contribution in [0.15, 0.2) is 35.5 Å². The maximum Gasteiger partial charge on any atom is 0.248 e. The number of hydrogen-bond acceptors (Lipinski definition) is 3. The van der Waals surface area contributed by atoms with Gasteiger partial charge < -0.3 is 4.98 Å². The van der Waals surface area contributed by atoms with Crippen molar-refractivity contribution in [2.75, 3.05) is 0 Å². The molecule has 0 radical (unpaired) electrons. The minimum atomic E-state index is -0.106. The number of aromatic amines is 1. The molecule has 3 aromatic rings. The van der Waals surface area contributed by atoms with Gasteiger partial charge in [-0.2, -0.15) is 0 Å². The highest BCUT2D eigenvalue weighted by atomic mass is 16.1. The summed E-state index contributed by atoms with van der Waals surface area (Å²) in [5.74, 6) is 0.808. The summed E-state index contributed by atoms with van der Waals surface area (Å²) < 4.78 is 2.01. The molecular formula is C15H16N4O. The third kappa shape index (κ3) is 1.91. The number of fused-ring (bicyclic) bond motifs is 1. The zero-order valence-electron chi connectivity index (χ0n) is 11.6. The van der Waals surface area contributed by atoms with E-state index in [1.54, 1.807) is 6.20 Å². The van der Waals surface area contributed by atoms with Crippen molar-refractivity contribution in [3.63, 3.8) is 0 Å². The van der Waals surface area contributed by atoms with Crippen LogP contribution in [0.3, 0.4) is 0 Å². The molecule has 0 saturated carbocycles. The van der Waals surface area contributed by atoms with Gasteiger partial charge in [-0.25, -0.2) is 9.97 Å². The first-order chi connectivity index (χ1) is 9.74. The van der Waals surface area contributed by atoms with E-state index in [2.05, 4.69) is 28.8 Å². The summed E-state index contributed by atoms with van der Waals surface area (Å²) >= 11 is 0. The Morgan fingerprint density at radius 2 is 2.00 bits per heavy atom. The van der Waals surface area contributed by atoms with Gasteiger partial charge in [0, 0.05) is 23.3 Å². The number of imidazole rings is 1. The van der Waals surface area contributed by atoms with Crippen LogP contribution in [0, 0.1) is 0 Å². The van der Waals surface area contributed by atoms with Crippen LogP contribution in [0.4, 0.5) is 0 Å². The second-order valence-corrected chi connectivity index (χ2v) is 4.63. The number of nitrogens with zero attached hydrogens (tertiary/aromatic N) is 3. The van der Waals surface area contributed by atoms with Crippen molar-refractivity contribution in [3.05, 3.63) is 52.5 Å². The number of H-pyrrole nitrogens is 1. The van der Waals surface area contributed by atoms with Crippen LogP contribution in [0.1, 0.15) is 25.2 Å². The monoisotopic (exact) mass is 268 g/mol.